The first-order valence-corrected chi connectivity index (χ1v) is 12.6. The Labute approximate surface area is 209 Å². The fourth-order valence-corrected chi connectivity index (χ4v) is 5.32. The minimum Gasteiger partial charge on any atom is -0.382 e. The Morgan fingerprint density at radius 3 is 2.64 bits per heavy atom. The molecule has 0 bridgehead atoms. The van der Waals surface area contributed by atoms with Crippen molar-refractivity contribution in [1.82, 2.24) is 19.4 Å². The van der Waals surface area contributed by atoms with Gasteiger partial charge < -0.3 is 15.8 Å². The number of imidazole rings is 1. The van der Waals surface area contributed by atoms with Crippen LogP contribution >= 0.6 is 0 Å². The van der Waals surface area contributed by atoms with Crippen molar-refractivity contribution in [2.24, 2.45) is 5.92 Å². The molecule has 0 aliphatic heterocycles. The maximum Gasteiger partial charge on any atom is 0.256 e. The Morgan fingerprint density at radius 1 is 1.03 bits per heavy atom. The van der Waals surface area contributed by atoms with E-state index in [0.29, 0.717) is 23.1 Å². The number of nitrogens with two attached hydrogens (primary N) is 1. The van der Waals surface area contributed by atoms with Crippen molar-refractivity contribution in [2.75, 3.05) is 11.1 Å². The molecule has 1 amide bonds. The number of rotatable bonds is 6. The number of anilines is 2. The molecule has 4 aromatic rings. The molecule has 2 atom stereocenters. The molecule has 3 N–H and O–H groups in total. The predicted octanol–water partition coefficient (Wildman–Crippen LogP) is 4.98. The maximum atomic E-state index is 12.9. The summed E-state index contributed by atoms with van der Waals surface area (Å²) in [7, 11) is 0. The van der Waals surface area contributed by atoms with Crippen LogP contribution in [0.15, 0.2) is 55.0 Å². The van der Waals surface area contributed by atoms with Gasteiger partial charge in [0.15, 0.2) is 0 Å². The normalized spacial score (nSPS) is 19.8. The van der Waals surface area contributed by atoms with E-state index in [4.69, 9.17) is 10.7 Å². The minimum absolute atomic E-state index is 0.0657. The number of amides is 1. The number of pyridine rings is 1. The summed E-state index contributed by atoms with van der Waals surface area (Å²) in [6, 6.07) is 11.3. The van der Waals surface area contributed by atoms with Crippen LogP contribution in [0.5, 0.6) is 0 Å². The van der Waals surface area contributed by atoms with Crippen molar-refractivity contribution in [3.63, 3.8) is 0 Å². The van der Waals surface area contributed by atoms with Crippen LogP contribution in [0.2, 0.25) is 0 Å². The molecule has 6 rings (SSSR count). The molecule has 0 saturated heterocycles. The number of aromatic nitrogens is 4. The topological polar surface area (TPSA) is 115 Å². The van der Waals surface area contributed by atoms with E-state index in [1.807, 2.05) is 34.9 Å². The van der Waals surface area contributed by atoms with Gasteiger partial charge in [-0.3, -0.25) is 9.20 Å². The first-order chi connectivity index (χ1) is 17.6. The van der Waals surface area contributed by atoms with Crippen LogP contribution in [0.3, 0.4) is 0 Å². The van der Waals surface area contributed by atoms with Crippen molar-refractivity contribution in [3.05, 3.63) is 71.9 Å². The van der Waals surface area contributed by atoms with Crippen LogP contribution in [0.1, 0.15) is 72.1 Å². The molecule has 36 heavy (non-hydrogen) atoms. The van der Waals surface area contributed by atoms with Crippen LogP contribution in [0.4, 0.5) is 11.6 Å². The van der Waals surface area contributed by atoms with Crippen molar-refractivity contribution in [3.8, 4) is 11.3 Å². The number of nitrogen functional groups attached to an aromatic ring is 1. The van der Waals surface area contributed by atoms with Crippen molar-refractivity contribution >= 4 is 29.3 Å². The fraction of sp³-hybridized carbons (Fsp3) is 0.321. The van der Waals surface area contributed by atoms with E-state index >= 15 is 0 Å². The lowest BCUT2D eigenvalue weighted by Gasteiger charge is -2.24. The summed E-state index contributed by atoms with van der Waals surface area (Å²) in [5, 5.41) is 2.91. The molecule has 8 nitrogen and oxygen atoms in total. The highest BCUT2D eigenvalue weighted by Gasteiger charge is 2.28. The summed E-state index contributed by atoms with van der Waals surface area (Å²) in [5.74, 6) is 2.51. The first kappa shape index (κ1) is 22.4. The highest BCUT2D eigenvalue weighted by atomic mass is 16.1. The molecule has 0 radical (unpaired) electrons. The number of aldehydes is 1. The summed E-state index contributed by atoms with van der Waals surface area (Å²) in [5.41, 5.74) is 10.4. The quantitative estimate of drug-likeness (QED) is 0.376. The number of carbonyl (C=O) groups excluding carboxylic acids is 2. The Balaban J connectivity index is 1.28. The van der Waals surface area contributed by atoms with Gasteiger partial charge in [0.1, 0.15) is 35.0 Å². The molecule has 3 aromatic heterocycles. The van der Waals surface area contributed by atoms with Crippen LogP contribution in [0.25, 0.3) is 16.8 Å². The molecule has 2 unspecified atom stereocenters. The van der Waals surface area contributed by atoms with E-state index in [9.17, 15) is 9.59 Å². The van der Waals surface area contributed by atoms with Gasteiger partial charge in [-0.25, -0.2) is 15.0 Å². The predicted molar refractivity (Wildman–Crippen MR) is 138 cm³/mol. The molecule has 3 heterocycles. The third kappa shape index (κ3) is 4.23. The van der Waals surface area contributed by atoms with E-state index in [0.717, 1.165) is 54.6 Å². The van der Waals surface area contributed by atoms with Crippen LogP contribution < -0.4 is 11.1 Å². The molecule has 0 spiro atoms. The zero-order valence-corrected chi connectivity index (χ0v) is 19.9. The fourth-order valence-electron chi connectivity index (χ4n) is 5.32. The third-order valence-corrected chi connectivity index (χ3v) is 7.38. The lowest BCUT2D eigenvalue weighted by atomic mass is 9.82. The van der Waals surface area contributed by atoms with Crippen LogP contribution in [0, 0.1) is 5.92 Å². The second-order valence-corrected chi connectivity index (χ2v) is 9.89. The average molecular weight is 481 g/mol. The van der Waals surface area contributed by atoms with Crippen molar-refractivity contribution in [2.45, 2.75) is 50.4 Å². The van der Waals surface area contributed by atoms with Crippen LogP contribution in [-0.2, 0) is 4.79 Å². The number of benzene rings is 1. The van der Waals surface area contributed by atoms with Gasteiger partial charge in [0, 0.05) is 41.6 Å². The number of carbonyl (C=O) groups is 2. The lowest BCUT2D eigenvalue weighted by molar-refractivity contribution is -0.112. The maximum absolute atomic E-state index is 12.9. The third-order valence-electron chi connectivity index (χ3n) is 7.38. The second kappa shape index (κ2) is 9.18. The van der Waals surface area contributed by atoms with Gasteiger partial charge in [0.25, 0.3) is 5.91 Å². The highest BCUT2D eigenvalue weighted by molar-refractivity contribution is 6.04. The smallest absolute Gasteiger partial charge is 0.256 e. The van der Waals surface area contributed by atoms with Gasteiger partial charge in [0.2, 0.25) is 0 Å². The van der Waals surface area contributed by atoms with E-state index < -0.39 is 0 Å². The molecular weight excluding hydrogens is 452 g/mol. The van der Waals surface area contributed by atoms with Gasteiger partial charge in [-0.2, -0.15) is 0 Å². The molecule has 182 valence electrons. The summed E-state index contributed by atoms with van der Waals surface area (Å²) in [6.07, 6.45) is 12.5. The van der Waals surface area contributed by atoms with Crippen molar-refractivity contribution in [1.29, 1.82) is 0 Å². The van der Waals surface area contributed by atoms with Gasteiger partial charge in [-0.1, -0.05) is 18.6 Å². The molecular formula is C28H28N6O2. The number of fused-ring (bicyclic) bond motifs is 1. The molecule has 8 heteroatoms. The molecule has 1 aromatic carbocycles. The summed E-state index contributed by atoms with van der Waals surface area (Å²) < 4.78 is 2.01. The lowest BCUT2D eigenvalue weighted by Crippen LogP contribution is -2.17. The standard InChI is InChI=1S/C28H28N6O2/c29-26-25-24(33-27(34(25)13-12-31-26)22-3-1-2-17(14-22)16-35)19-6-8-20(9-7-19)28(36)32-23-15-21(10-11-30-23)18-4-5-18/h6-13,15-18,22H,1-5,14H2,(H2,29,31)(H,30,32,36). The van der Waals surface area contributed by atoms with E-state index in [-0.39, 0.29) is 17.7 Å². The molecule has 2 saturated carbocycles. The number of hydrogen-bond donors (Lipinski definition) is 2. The minimum atomic E-state index is -0.208. The Bertz CT molecular complexity index is 1440. The molecule has 2 aliphatic carbocycles. The zero-order valence-electron chi connectivity index (χ0n) is 19.9. The SMILES string of the molecule is Nc1nccn2c(C3CCCC(C=O)C3)nc(-c3ccc(C(=O)Nc4cc(C5CC5)ccn4)cc3)c12. The highest BCUT2D eigenvalue weighted by Crippen LogP contribution is 2.40. The Morgan fingerprint density at radius 2 is 1.86 bits per heavy atom. The average Bonchev–Trinajstić information content (AvgIpc) is 3.69. The van der Waals surface area contributed by atoms with Gasteiger partial charge in [0.05, 0.1) is 0 Å². The number of hydrogen-bond acceptors (Lipinski definition) is 6. The molecule has 2 aliphatic rings. The second-order valence-electron chi connectivity index (χ2n) is 9.89. The van der Waals surface area contributed by atoms with Gasteiger partial charge >= 0.3 is 0 Å². The Kier molecular flexibility index (Phi) is 5.71. The van der Waals surface area contributed by atoms with Crippen LogP contribution in [-0.4, -0.2) is 31.5 Å². The monoisotopic (exact) mass is 480 g/mol. The van der Waals surface area contributed by atoms with E-state index in [2.05, 4.69) is 15.3 Å². The van der Waals surface area contributed by atoms with E-state index in [1.54, 1.807) is 24.5 Å². The molecule has 2 fully saturated rings. The Hall–Kier alpha value is -4.07. The van der Waals surface area contributed by atoms with Gasteiger partial charge in [-0.05, 0) is 67.9 Å². The number of nitrogens with zero attached hydrogens (tertiary/aromatic N) is 4. The first-order valence-electron chi connectivity index (χ1n) is 12.6. The number of nitrogens with one attached hydrogen (secondary N) is 1. The summed E-state index contributed by atoms with van der Waals surface area (Å²) in [6.45, 7) is 0. The van der Waals surface area contributed by atoms with Crippen molar-refractivity contribution < 1.29 is 9.59 Å². The van der Waals surface area contributed by atoms with E-state index in [1.165, 1.54) is 18.4 Å². The largest absolute Gasteiger partial charge is 0.382 e. The summed E-state index contributed by atoms with van der Waals surface area (Å²) in [4.78, 5) is 37.9. The zero-order chi connectivity index (χ0) is 24.6. The summed E-state index contributed by atoms with van der Waals surface area (Å²) >= 11 is 0. The van der Waals surface area contributed by atoms with Gasteiger partial charge in [-0.15, -0.1) is 0 Å².